The average Bonchev–Trinajstić information content (AvgIpc) is 2.12. The SMILES string of the molecule is CS(=O)(=O)c1ccc(/C=C/CN)cc1F. The number of halogens is 1. The molecule has 2 N–H and O–H groups in total. The highest BCUT2D eigenvalue weighted by molar-refractivity contribution is 7.90. The minimum atomic E-state index is -3.49. The predicted octanol–water partition coefficient (Wildman–Crippen LogP) is 1.20. The van der Waals surface area contributed by atoms with Crippen LogP contribution >= 0.6 is 0 Å². The van der Waals surface area contributed by atoms with Crippen molar-refractivity contribution in [1.82, 2.24) is 0 Å². The molecule has 15 heavy (non-hydrogen) atoms. The molecule has 0 fully saturated rings. The number of sulfone groups is 1. The third-order valence-electron chi connectivity index (χ3n) is 1.80. The van der Waals surface area contributed by atoms with Crippen molar-refractivity contribution >= 4 is 15.9 Å². The van der Waals surface area contributed by atoms with Crippen LogP contribution in [0.2, 0.25) is 0 Å². The van der Waals surface area contributed by atoms with Crippen LogP contribution in [0, 0.1) is 5.82 Å². The molecule has 0 saturated heterocycles. The standard InChI is InChI=1S/C10H12FNO2S/c1-15(13,14)10-5-4-8(3-2-6-12)7-9(10)11/h2-5,7H,6,12H2,1H3/b3-2+. The molecule has 0 bridgehead atoms. The summed E-state index contributed by atoms with van der Waals surface area (Å²) in [6, 6.07) is 3.95. The van der Waals surface area contributed by atoms with Gasteiger partial charge in [-0.1, -0.05) is 18.2 Å². The highest BCUT2D eigenvalue weighted by Crippen LogP contribution is 2.16. The molecule has 0 unspecified atom stereocenters. The first-order chi connectivity index (χ1) is 6.95. The Morgan fingerprint density at radius 2 is 2.13 bits per heavy atom. The lowest BCUT2D eigenvalue weighted by atomic mass is 10.2. The van der Waals surface area contributed by atoms with Gasteiger partial charge in [-0.05, 0) is 17.7 Å². The lowest BCUT2D eigenvalue weighted by Crippen LogP contribution is -2.00. The van der Waals surface area contributed by atoms with E-state index in [1.54, 1.807) is 12.2 Å². The van der Waals surface area contributed by atoms with Crippen LogP contribution < -0.4 is 5.73 Å². The molecule has 0 heterocycles. The van der Waals surface area contributed by atoms with E-state index in [2.05, 4.69) is 0 Å². The topological polar surface area (TPSA) is 60.2 Å². The maximum atomic E-state index is 13.3. The molecular weight excluding hydrogens is 217 g/mol. The first-order valence-corrected chi connectivity index (χ1v) is 6.20. The van der Waals surface area contributed by atoms with Crippen LogP contribution in [0.15, 0.2) is 29.2 Å². The Balaban J connectivity index is 3.15. The Hall–Kier alpha value is -1.20. The van der Waals surface area contributed by atoms with Crippen molar-refractivity contribution in [3.05, 3.63) is 35.7 Å². The zero-order chi connectivity index (χ0) is 11.5. The van der Waals surface area contributed by atoms with E-state index < -0.39 is 15.7 Å². The summed E-state index contributed by atoms with van der Waals surface area (Å²) in [6.07, 6.45) is 4.27. The molecule has 0 aliphatic heterocycles. The second-order valence-corrected chi connectivity index (χ2v) is 5.08. The minimum absolute atomic E-state index is 0.285. The zero-order valence-electron chi connectivity index (χ0n) is 8.27. The van der Waals surface area contributed by atoms with Crippen molar-refractivity contribution in [2.45, 2.75) is 4.90 Å². The van der Waals surface area contributed by atoms with Gasteiger partial charge in [-0.25, -0.2) is 12.8 Å². The largest absolute Gasteiger partial charge is 0.327 e. The third kappa shape index (κ3) is 3.14. The summed E-state index contributed by atoms with van der Waals surface area (Å²) in [5.41, 5.74) is 5.83. The summed E-state index contributed by atoms with van der Waals surface area (Å²) >= 11 is 0. The smallest absolute Gasteiger partial charge is 0.178 e. The molecule has 0 aliphatic carbocycles. The van der Waals surface area contributed by atoms with Gasteiger partial charge in [-0.3, -0.25) is 0 Å². The van der Waals surface area contributed by atoms with E-state index in [0.717, 1.165) is 6.26 Å². The molecule has 82 valence electrons. The van der Waals surface area contributed by atoms with Gasteiger partial charge >= 0.3 is 0 Å². The Morgan fingerprint density at radius 1 is 1.47 bits per heavy atom. The van der Waals surface area contributed by atoms with Crippen molar-refractivity contribution in [2.24, 2.45) is 5.73 Å². The minimum Gasteiger partial charge on any atom is -0.327 e. The van der Waals surface area contributed by atoms with Gasteiger partial charge in [0.05, 0.1) is 0 Å². The molecule has 3 nitrogen and oxygen atoms in total. The normalized spacial score (nSPS) is 12.2. The van der Waals surface area contributed by atoms with Crippen molar-refractivity contribution in [1.29, 1.82) is 0 Å². The fourth-order valence-electron chi connectivity index (χ4n) is 1.13. The lowest BCUT2D eigenvalue weighted by molar-refractivity contribution is 0.570. The van der Waals surface area contributed by atoms with Crippen LogP contribution in [-0.2, 0) is 9.84 Å². The van der Waals surface area contributed by atoms with E-state index in [9.17, 15) is 12.8 Å². The number of rotatable bonds is 3. The number of nitrogens with two attached hydrogens (primary N) is 1. The Bertz CT molecular complexity index is 480. The van der Waals surface area contributed by atoms with Crippen molar-refractivity contribution < 1.29 is 12.8 Å². The summed E-state index contributed by atoms with van der Waals surface area (Å²) < 4.78 is 35.5. The lowest BCUT2D eigenvalue weighted by Gasteiger charge is -2.01. The van der Waals surface area contributed by atoms with Gasteiger partial charge < -0.3 is 5.73 Å². The van der Waals surface area contributed by atoms with Crippen molar-refractivity contribution in [2.75, 3.05) is 12.8 Å². The average molecular weight is 229 g/mol. The van der Waals surface area contributed by atoms with Crippen LogP contribution in [0.5, 0.6) is 0 Å². The van der Waals surface area contributed by atoms with Crippen LogP contribution in [0.1, 0.15) is 5.56 Å². The predicted molar refractivity (Wildman–Crippen MR) is 57.6 cm³/mol. The number of hydrogen-bond donors (Lipinski definition) is 1. The summed E-state index contributed by atoms with van der Waals surface area (Å²) in [6.45, 7) is 0.357. The van der Waals surface area contributed by atoms with E-state index in [1.165, 1.54) is 18.2 Å². The maximum absolute atomic E-state index is 13.3. The fourth-order valence-corrected chi connectivity index (χ4v) is 1.85. The van der Waals surface area contributed by atoms with E-state index in [4.69, 9.17) is 5.73 Å². The summed E-state index contributed by atoms with van der Waals surface area (Å²) in [4.78, 5) is -0.285. The molecule has 0 aliphatic rings. The van der Waals surface area contributed by atoms with E-state index in [1.807, 2.05) is 0 Å². The Kier molecular flexibility index (Phi) is 3.60. The first-order valence-electron chi connectivity index (χ1n) is 4.31. The van der Waals surface area contributed by atoms with Crippen LogP contribution in [0.25, 0.3) is 6.08 Å². The quantitative estimate of drug-likeness (QED) is 0.847. The van der Waals surface area contributed by atoms with Gasteiger partial charge in [0.2, 0.25) is 0 Å². The molecule has 0 saturated carbocycles. The molecule has 0 atom stereocenters. The second kappa shape index (κ2) is 4.55. The fraction of sp³-hybridized carbons (Fsp3) is 0.200. The molecule has 5 heteroatoms. The highest BCUT2D eigenvalue weighted by Gasteiger charge is 2.12. The maximum Gasteiger partial charge on any atom is 0.178 e. The molecule has 1 aromatic rings. The summed E-state index contributed by atoms with van der Waals surface area (Å²) in [5.74, 6) is -0.739. The van der Waals surface area contributed by atoms with Crippen molar-refractivity contribution in [3.8, 4) is 0 Å². The molecule has 0 spiro atoms. The molecule has 1 rings (SSSR count). The van der Waals surface area contributed by atoms with Gasteiger partial charge in [-0.15, -0.1) is 0 Å². The second-order valence-electron chi connectivity index (χ2n) is 3.10. The van der Waals surface area contributed by atoms with Crippen LogP contribution in [0.3, 0.4) is 0 Å². The third-order valence-corrected chi connectivity index (χ3v) is 2.93. The van der Waals surface area contributed by atoms with E-state index in [-0.39, 0.29) is 4.90 Å². The van der Waals surface area contributed by atoms with Crippen LogP contribution in [-0.4, -0.2) is 21.2 Å². The molecule has 0 aromatic heterocycles. The monoisotopic (exact) mass is 229 g/mol. The molecule has 1 aromatic carbocycles. The molecular formula is C10H12FNO2S. The van der Waals surface area contributed by atoms with Gasteiger partial charge in [0.25, 0.3) is 0 Å². The van der Waals surface area contributed by atoms with E-state index in [0.29, 0.717) is 12.1 Å². The van der Waals surface area contributed by atoms with Gasteiger partial charge in [0.15, 0.2) is 9.84 Å². The van der Waals surface area contributed by atoms with Crippen molar-refractivity contribution in [3.63, 3.8) is 0 Å². The molecule has 0 radical (unpaired) electrons. The summed E-state index contributed by atoms with van der Waals surface area (Å²) in [7, 11) is -3.49. The molecule has 0 amide bonds. The zero-order valence-corrected chi connectivity index (χ0v) is 9.09. The highest BCUT2D eigenvalue weighted by atomic mass is 32.2. The summed E-state index contributed by atoms with van der Waals surface area (Å²) in [5, 5.41) is 0. The van der Waals surface area contributed by atoms with Gasteiger partial charge in [0.1, 0.15) is 10.7 Å². The Morgan fingerprint density at radius 3 is 2.60 bits per heavy atom. The van der Waals surface area contributed by atoms with Gasteiger partial charge in [0, 0.05) is 12.8 Å². The first kappa shape index (κ1) is 11.9. The van der Waals surface area contributed by atoms with Gasteiger partial charge in [-0.2, -0.15) is 0 Å². The Labute approximate surface area is 88.3 Å². The number of benzene rings is 1. The van der Waals surface area contributed by atoms with Crippen LogP contribution in [0.4, 0.5) is 4.39 Å². The van der Waals surface area contributed by atoms with E-state index >= 15 is 0 Å². The number of hydrogen-bond acceptors (Lipinski definition) is 3.